The number of carbonyl (C=O) groups is 1. The van der Waals surface area contributed by atoms with Crippen LogP contribution in [0.2, 0.25) is 0 Å². The lowest BCUT2D eigenvalue weighted by molar-refractivity contribution is -0.117. The van der Waals surface area contributed by atoms with Crippen molar-refractivity contribution in [3.63, 3.8) is 0 Å². The van der Waals surface area contributed by atoms with Gasteiger partial charge in [-0.1, -0.05) is 0 Å². The van der Waals surface area contributed by atoms with Gasteiger partial charge in [-0.3, -0.25) is 9.78 Å². The Morgan fingerprint density at radius 3 is 2.89 bits per heavy atom. The van der Waals surface area contributed by atoms with Gasteiger partial charge in [0, 0.05) is 30.6 Å². The molecule has 1 unspecified atom stereocenters. The van der Waals surface area contributed by atoms with E-state index in [1.807, 2.05) is 0 Å². The number of amides is 1. The van der Waals surface area contributed by atoms with E-state index in [9.17, 15) is 18.3 Å². The second kappa shape index (κ2) is 5.24. The van der Waals surface area contributed by atoms with Crippen LogP contribution in [0, 0.1) is 5.92 Å². The van der Waals surface area contributed by atoms with Crippen LogP contribution in [0.25, 0.3) is 0 Å². The molecule has 1 aliphatic heterocycles. The van der Waals surface area contributed by atoms with Crippen LogP contribution in [0.4, 0.5) is 5.69 Å². The van der Waals surface area contributed by atoms with E-state index in [1.54, 1.807) is 6.07 Å². The Balaban J connectivity index is 2.20. The van der Waals surface area contributed by atoms with Crippen molar-refractivity contribution in [1.29, 1.82) is 0 Å². The number of nitrogens with two attached hydrogens (primary N) is 1. The molecular weight excluding hydrogens is 270 g/mol. The molecule has 104 valence electrons. The van der Waals surface area contributed by atoms with Crippen molar-refractivity contribution in [3.05, 3.63) is 24.0 Å². The molecule has 1 saturated heterocycles. The minimum atomic E-state index is -3.60. The minimum Gasteiger partial charge on any atom is -0.392 e. The van der Waals surface area contributed by atoms with Crippen LogP contribution in [0.15, 0.2) is 18.5 Å². The quantitative estimate of drug-likeness (QED) is 0.753. The molecule has 0 radical (unpaired) electrons. The fourth-order valence-corrected chi connectivity index (χ4v) is 3.13. The summed E-state index contributed by atoms with van der Waals surface area (Å²) < 4.78 is 22.1. The van der Waals surface area contributed by atoms with Gasteiger partial charge in [0.25, 0.3) is 0 Å². The number of pyridine rings is 1. The van der Waals surface area contributed by atoms with Gasteiger partial charge in [0.1, 0.15) is 0 Å². The third-order valence-electron chi connectivity index (χ3n) is 3.02. The van der Waals surface area contributed by atoms with Crippen molar-refractivity contribution in [2.75, 3.05) is 17.2 Å². The summed E-state index contributed by atoms with van der Waals surface area (Å²) in [6.45, 7) is 0.0649. The zero-order valence-corrected chi connectivity index (χ0v) is 11.0. The second-order valence-corrected chi connectivity index (χ2v) is 6.23. The largest absolute Gasteiger partial charge is 0.392 e. The Labute approximate surface area is 111 Å². The summed E-state index contributed by atoms with van der Waals surface area (Å²) >= 11 is 0. The zero-order valence-electron chi connectivity index (χ0n) is 10.2. The molecule has 3 N–H and O–H groups in total. The number of aliphatic hydroxyl groups excluding tert-OH is 1. The minimum absolute atomic E-state index is 0.135. The molecule has 2 heterocycles. The molecule has 0 bridgehead atoms. The average molecular weight is 285 g/mol. The average Bonchev–Trinajstić information content (AvgIpc) is 2.67. The van der Waals surface area contributed by atoms with Crippen LogP contribution in [0.5, 0.6) is 0 Å². The van der Waals surface area contributed by atoms with Gasteiger partial charge in [0.15, 0.2) is 0 Å². The number of primary sulfonamides is 1. The number of hydrogen-bond acceptors (Lipinski definition) is 5. The number of rotatable bonds is 4. The Kier molecular flexibility index (Phi) is 3.83. The fourth-order valence-electron chi connectivity index (χ4n) is 2.25. The van der Waals surface area contributed by atoms with Gasteiger partial charge in [0.2, 0.25) is 15.9 Å². The first kappa shape index (κ1) is 13.9. The molecule has 0 spiro atoms. The summed E-state index contributed by atoms with van der Waals surface area (Å²) in [6.07, 6.45) is 3.15. The number of nitrogens with zero attached hydrogens (tertiary/aromatic N) is 2. The van der Waals surface area contributed by atoms with E-state index in [2.05, 4.69) is 4.98 Å². The van der Waals surface area contributed by atoms with Gasteiger partial charge in [0.05, 0.1) is 24.2 Å². The summed E-state index contributed by atoms with van der Waals surface area (Å²) in [7, 11) is -3.60. The lowest BCUT2D eigenvalue weighted by atomic mass is 10.1. The molecule has 1 amide bonds. The van der Waals surface area contributed by atoms with Gasteiger partial charge >= 0.3 is 0 Å². The predicted molar refractivity (Wildman–Crippen MR) is 68.6 cm³/mol. The van der Waals surface area contributed by atoms with E-state index >= 15 is 0 Å². The molecule has 1 aromatic heterocycles. The first-order chi connectivity index (χ1) is 8.90. The fraction of sp³-hybridized carbons (Fsp3) is 0.455. The molecule has 8 heteroatoms. The molecule has 1 fully saturated rings. The molecule has 7 nitrogen and oxygen atoms in total. The Morgan fingerprint density at radius 1 is 1.53 bits per heavy atom. The van der Waals surface area contributed by atoms with Crippen LogP contribution in [0.3, 0.4) is 0 Å². The number of hydrogen-bond donors (Lipinski definition) is 2. The molecule has 1 aromatic rings. The normalized spacial score (nSPS) is 20.0. The van der Waals surface area contributed by atoms with Gasteiger partial charge in [-0.2, -0.15) is 0 Å². The standard InChI is InChI=1S/C11H15N3O4S/c12-19(17,18)7-8-3-11(16)14(5-8)10-4-13-2-1-9(10)6-15/h1-2,4,8,15H,3,5-7H2,(H2,12,17,18). The topological polar surface area (TPSA) is 114 Å². The van der Waals surface area contributed by atoms with Gasteiger partial charge in [-0.15, -0.1) is 0 Å². The molecule has 0 saturated carbocycles. The second-order valence-electron chi connectivity index (χ2n) is 4.57. The number of anilines is 1. The number of carbonyl (C=O) groups excluding carboxylic acids is 1. The lowest BCUT2D eigenvalue weighted by Gasteiger charge is -2.18. The van der Waals surface area contributed by atoms with Crippen molar-refractivity contribution in [2.24, 2.45) is 11.1 Å². The van der Waals surface area contributed by atoms with E-state index in [-0.39, 0.29) is 37.2 Å². The number of sulfonamides is 1. The van der Waals surface area contributed by atoms with Crippen molar-refractivity contribution < 1.29 is 18.3 Å². The molecular formula is C11H15N3O4S. The highest BCUT2D eigenvalue weighted by atomic mass is 32.2. The predicted octanol–water partition coefficient (Wildman–Crippen LogP) is -0.785. The Morgan fingerprint density at radius 2 is 2.26 bits per heavy atom. The van der Waals surface area contributed by atoms with E-state index in [1.165, 1.54) is 17.3 Å². The zero-order chi connectivity index (χ0) is 14.0. The maximum absolute atomic E-state index is 11.9. The third-order valence-corrected chi connectivity index (χ3v) is 3.96. The third kappa shape index (κ3) is 3.28. The van der Waals surface area contributed by atoms with Crippen molar-refractivity contribution in [3.8, 4) is 0 Å². The summed E-state index contributed by atoms with van der Waals surface area (Å²) in [4.78, 5) is 17.3. The summed E-state index contributed by atoms with van der Waals surface area (Å²) in [5, 5.41) is 14.2. The molecule has 2 rings (SSSR count). The lowest BCUT2D eigenvalue weighted by Crippen LogP contribution is -2.28. The van der Waals surface area contributed by atoms with Crippen molar-refractivity contribution in [1.82, 2.24) is 4.98 Å². The van der Waals surface area contributed by atoms with E-state index in [0.29, 0.717) is 11.3 Å². The molecule has 1 atom stereocenters. The Hall–Kier alpha value is -1.51. The van der Waals surface area contributed by atoms with Crippen LogP contribution >= 0.6 is 0 Å². The maximum atomic E-state index is 11.9. The number of aliphatic hydroxyl groups is 1. The van der Waals surface area contributed by atoms with Gasteiger partial charge < -0.3 is 10.0 Å². The van der Waals surface area contributed by atoms with E-state index in [4.69, 9.17) is 5.14 Å². The number of aromatic nitrogens is 1. The Bertz CT molecular complexity index is 587. The van der Waals surface area contributed by atoms with E-state index in [0.717, 1.165) is 0 Å². The van der Waals surface area contributed by atoms with E-state index < -0.39 is 10.0 Å². The van der Waals surface area contributed by atoms with Gasteiger partial charge in [-0.05, 0) is 6.07 Å². The van der Waals surface area contributed by atoms with Crippen LogP contribution in [0.1, 0.15) is 12.0 Å². The molecule has 0 aromatic carbocycles. The van der Waals surface area contributed by atoms with Gasteiger partial charge in [-0.25, -0.2) is 13.6 Å². The summed E-state index contributed by atoms with van der Waals surface area (Å²) in [6, 6.07) is 1.62. The SMILES string of the molecule is NS(=O)(=O)CC1CC(=O)N(c2cnccc2CO)C1. The first-order valence-corrected chi connectivity index (χ1v) is 7.47. The molecule has 19 heavy (non-hydrogen) atoms. The van der Waals surface area contributed by atoms with Crippen LogP contribution < -0.4 is 10.0 Å². The summed E-state index contributed by atoms with van der Waals surface area (Å²) in [5.41, 5.74) is 1.10. The highest BCUT2D eigenvalue weighted by molar-refractivity contribution is 7.89. The monoisotopic (exact) mass is 285 g/mol. The molecule has 1 aliphatic rings. The van der Waals surface area contributed by atoms with Crippen molar-refractivity contribution >= 4 is 21.6 Å². The molecule has 0 aliphatic carbocycles. The first-order valence-electron chi connectivity index (χ1n) is 5.75. The van der Waals surface area contributed by atoms with Crippen LogP contribution in [-0.2, 0) is 21.4 Å². The summed E-state index contributed by atoms with van der Waals surface area (Å²) in [5.74, 6) is -0.727. The highest BCUT2D eigenvalue weighted by Crippen LogP contribution is 2.27. The highest BCUT2D eigenvalue weighted by Gasteiger charge is 2.33. The maximum Gasteiger partial charge on any atom is 0.227 e. The smallest absolute Gasteiger partial charge is 0.227 e. The van der Waals surface area contributed by atoms with Crippen LogP contribution in [-0.4, -0.2) is 36.7 Å². The van der Waals surface area contributed by atoms with Crippen molar-refractivity contribution in [2.45, 2.75) is 13.0 Å².